The maximum Gasteiger partial charge on any atom is 0.190 e. The molecule has 2 rings (SSSR count). The zero-order chi connectivity index (χ0) is 12.5. The van der Waals surface area contributed by atoms with E-state index in [0.717, 1.165) is 18.4 Å². The summed E-state index contributed by atoms with van der Waals surface area (Å²) in [5, 5.41) is 0. The van der Waals surface area contributed by atoms with Gasteiger partial charge < -0.3 is 4.79 Å². The predicted molar refractivity (Wildman–Crippen MR) is 65.6 cm³/mol. The van der Waals surface area contributed by atoms with E-state index in [1.807, 2.05) is 6.92 Å². The minimum absolute atomic E-state index is 0.261. The van der Waals surface area contributed by atoms with Crippen LogP contribution >= 0.6 is 0 Å². The molecule has 0 bridgehead atoms. The molecule has 1 aliphatic rings. The summed E-state index contributed by atoms with van der Waals surface area (Å²) in [5.74, 6) is 0. The van der Waals surface area contributed by atoms with Crippen LogP contribution in [0.5, 0.6) is 0 Å². The topological polar surface area (TPSA) is 51.2 Å². The first-order valence-corrected chi connectivity index (χ1v) is 7.28. The zero-order valence-electron chi connectivity index (χ0n) is 9.85. The highest BCUT2D eigenvalue weighted by Crippen LogP contribution is 2.38. The molecule has 0 N–H and O–H groups in total. The molecule has 1 aromatic carbocycles. The maximum atomic E-state index is 12.5. The maximum absolute atomic E-state index is 12.5. The second-order valence-electron chi connectivity index (χ2n) is 4.71. The van der Waals surface area contributed by atoms with Crippen molar-refractivity contribution in [3.63, 3.8) is 0 Å². The first-order chi connectivity index (χ1) is 8.02. The van der Waals surface area contributed by atoms with E-state index < -0.39 is 14.6 Å². The van der Waals surface area contributed by atoms with Crippen LogP contribution in [0.3, 0.4) is 0 Å². The van der Waals surface area contributed by atoms with E-state index >= 15 is 0 Å². The molecule has 0 radical (unpaired) electrons. The zero-order valence-corrected chi connectivity index (χ0v) is 10.7. The van der Waals surface area contributed by atoms with Crippen molar-refractivity contribution in [1.82, 2.24) is 0 Å². The van der Waals surface area contributed by atoms with Crippen LogP contribution < -0.4 is 0 Å². The fourth-order valence-electron chi connectivity index (χ4n) is 2.38. The van der Waals surface area contributed by atoms with Gasteiger partial charge in [0, 0.05) is 0 Å². The highest BCUT2D eigenvalue weighted by atomic mass is 32.2. The summed E-state index contributed by atoms with van der Waals surface area (Å²) in [7, 11) is -3.54. The number of hydrogen-bond donors (Lipinski definition) is 0. The van der Waals surface area contributed by atoms with Crippen molar-refractivity contribution in [1.29, 1.82) is 0 Å². The Kier molecular flexibility index (Phi) is 3.08. The van der Waals surface area contributed by atoms with E-state index in [1.54, 1.807) is 24.3 Å². The molecule has 0 amide bonds. The van der Waals surface area contributed by atoms with E-state index in [9.17, 15) is 13.2 Å². The van der Waals surface area contributed by atoms with Gasteiger partial charge in [0.2, 0.25) is 0 Å². The molecule has 0 atom stereocenters. The van der Waals surface area contributed by atoms with Crippen molar-refractivity contribution in [2.75, 3.05) is 0 Å². The lowest BCUT2D eigenvalue weighted by Gasteiger charge is -2.22. The Hall–Kier alpha value is -1.16. The van der Waals surface area contributed by atoms with Gasteiger partial charge in [0.1, 0.15) is 11.0 Å². The Morgan fingerprint density at radius 1 is 1.12 bits per heavy atom. The number of aldehydes is 1. The second kappa shape index (κ2) is 4.26. The average Bonchev–Trinajstić information content (AvgIpc) is 2.79. The summed E-state index contributed by atoms with van der Waals surface area (Å²) in [6, 6.07) is 6.71. The molecular weight excluding hydrogens is 236 g/mol. The number of hydrogen-bond acceptors (Lipinski definition) is 3. The fourth-order valence-corrected chi connectivity index (χ4v) is 4.29. The van der Waals surface area contributed by atoms with Gasteiger partial charge in [-0.15, -0.1) is 0 Å². The van der Waals surface area contributed by atoms with Crippen LogP contribution in [0.15, 0.2) is 29.2 Å². The molecule has 0 aromatic heterocycles. The molecule has 1 aromatic rings. The summed E-state index contributed by atoms with van der Waals surface area (Å²) < 4.78 is 23.8. The third-order valence-electron chi connectivity index (χ3n) is 3.53. The van der Waals surface area contributed by atoms with Crippen LogP contribution in [0.4, 0.5) is 0 Å². The monoisotopic (exact) mass is 252 g/mol. The molecule has 0 aliphatic heterocycles. The minimum Gasteiger partial charge on any atom is -0.302 e. The van der Waals surface area contributed by atoms with E-state index in [1.165, 1.54) is 0 Å². The van der Waals surface area contributed by atoms with Gasteiger partial charge in [-0.1, -0.05) is 30.5 Å². The lowest BCUT2D eigenvalue weighted by Crippen LogP contribution is -2.37. The van der Waals surface area contributed by atoms with E-state index in [0.29, 0.717) is 19.1 Å². The molecule has 1 saturated carbocycles. The summed E-state index contributed by atoms with van der Waals surface area (Å²) >= 11 is 0. The Morgan fingerprint density at radius 2 is 1.65 bits per heavy atom. The van der Waals surface area contributed by atoms with Crippen molar-refractivity contribution >= 4 is 16.1 Å². The number of carbonyl (C=O) groups excluding carboxylic acids is 1. The van der Waals surface area contributed by atoms with Gasteiger partial charge in [0.15, 0.2) is 9.84 Å². The standard InChI is InChI=1S/C13H16O3S/c1-11-4-6-12(7-5-11)17(15,16)13(10-14)8-2-3-9-13/h4-7,10H,2-3,8-9H2,1H3. The smallest absolute Gasteiger partial charge is 0.190 e. The van der Waals surface area contributed by atoms with Crippen molar-refractivity contribution in [3.05, 3.63) is 29.8 Å². The molecule has 92 valence electrons. The fraction of sp³-hybridized carbons (Fsp3) is 0.462. The van der Waals surface area contributed by atoms with E-state index in [4.69, 9.17) is 0 Å². The van der Waals surface area contributed by atoms with Gasteiger partial charge >= 0.3 is 0 Å². The van der Waals surface area contributed by atoms with Crippen LogP contribution in [-0.2, 0) is 14.6 Å². The molecule has 17 heavy (non-hydrogen) atoms. The summed E-state index contributed by atoms with van der Waals surface area (Å²) in [5.41, 5.74) is 1.01. The lowest BCUT2D eigenvalue weighted by molar-refractivity contribution is -0.109. The highest BCUT2D eigenvalue weighted by Gasteiger charge is 2.46. The average molecular weight is 252 g/mol. The van der Waals surface area contributed by atoms with Crippen LogP contribution in [0.25, 0.3) is 0 Å². The number of sulfone groups is 1. The van der Waals surface area contributed by atoms with Gasteiger partial charge in [0.05, 0.1) is 4.90 Å². The Balaban J connectivity index is 2.48. The molecular formula is C13H16O3S. The van der Waals surface area contributed by atoms with Gasteiger partial charge in [-0.05, 0) is 31.9 Å². The summed E-state index contributed by atoms with van der Waals surface area (Å²) in [6.45, 7) is 1.90. The number of benzene rings is 1. The molecule has 0 unspecified atom stereocenters. The second-order valence-corrected chi connectivity index (χ2v) is 7.00. The number of rotatable bonds is 3. The van der Waals surface area contributed by atoms with Gasteiger partial charge in [-0.25, -0.2) is 8.42 Å². The molecule has 0 spiro atoms. The molecule has 0 saturated heterocycles. The molecule has 1 fully saturated rings. The van der Waals surface area contributed by atoms with E-state index in [-0.39, 0.29) is 4.90 Å². The van der Waals surface area contributed by atoms with Crippen LogP contribution in [-0.4, -0.2) is 19.5 Å². The van der Waals surface area contributed by atoms with Crippen LogP contribution in [0.2, 0.25) is 0 Å². The van der Waals surface area contributed by atoms with Crippen molar-refractivity contribution < 1.29 is 13.2 Å². The quantitative estimate of drug-likeness (QED) is 0.775. The van der Waals surface area contributed by atoms with Crippen LogP contribution in [0, 0.1) is 6.92 Å². The van der Waals surface area contributed by atoms with Gasteiger partial charge in [-0.3, -0.25) is 0 Å². The third-order valence-corrected chi connectivity index (χ3v) is 6.00. The number of carbonyl (C=O) groups is 1. The Bertz CT molecular complexity index is 508. The highest BCUT2D eigenvalue weighted by molar-refractivity contribution is 7.93. The third kappa shape index (κ3) is 1.90. The van der Waals surface area contributed by atoms with Crippen molar-refractivity contribution in [2.45, 2.75) is 42.2 Å². The Labute approximate surface area is 102 Å². The summed E-state index contributed by atoms with van der Waals surface area (Å²) in [6.07, 6.45) is 3.16. The molecule has 4 heteroatoms. The van der Waals surface area contributed by atoms with Crippen molar-refractivity contribution in [3.8, 4) is 0 Å². The molecule has 1 aliphatic carbocycles. The van der Waals surface area contributed by atoms with E-state index in [2.05, 4.69) is 0 Å². The van der Waals surface area contributed by atoms with Gasteiger partial charge in [0.25, 0.3) is 0 Å². The SMILES string of the molecule is Cc1ccc(S(=O)(=O)C2(C=O)CCCC2)cc1. The summed E-state index contributed by atoms with van der Waals surface area (Å²) in [4.78, 5) is 11.5. The number of aryl methyl sites for hydroxylation is 1. The molecule has 3 nitrogen and oxygen atoms in total. The largest absolute Gasteiger partial charge is 0.302 e. The van der Waals surface area contributed by atoms with Gasteiger partial charge in [-0.2, -0.15) is 0 Å². The predicted octanol–water partition coefficient (Wildman–Crippen LogP) is 2.28. The normalized spacial score (nSPS) is 19.1. The van der Waals surface area contributed by atoms with Crippen LogP contribution in [0.1, 0.15) is 31.2 Å². The Morgan fingerprint density at radius 3 is 2.12 bits per heavy atom. The molecule has 0 heterocycles. The first-order valence-electron chi connectivity index (χ1n) is 5.79. The van der Waals surface area contributed by atoms with Crippen molar-refractivity contribution in [2.24, 2.45) is 0 Å². The first kappa shape index (κ1) is 12.3. The lowest BCUT2D eigenvalue weighted by atomic mass is 10.1. The minimum atomic E-state index is -3.54.